The highest BCUT2D eigenvalue weighted by molar-refractivity contribution is 5.76. The van der Waals surface area contributed by atoms with E-state index in [0.717, 1.165) is 17.0 Å². The molecule has 0 spiro atoms. The van der Waals surface area contributed by atoms with Gasteiger partial charge in [0, 0.05) is 24.2 Å². The Morgan fingerprint density at radius 1 is 1.43 bits per heavy atom. The van der Waals surface area contributed by atoms with Gasteiger partial charge in [-0.15, -0.1) is 0 Å². The summed E-state index contributed by atoms with van der Waals surface area (Å²) < 4.78 is 19.0. The summed E-state index contributed by atoms with van der Waals surface area (Å²) in [7, 11) is 0. The van der Waals surface area contributed by atoms with Crippen molar-refractivity contribution in [2.24, 2.45) is 0 Å². The molecule has 1 aromatic heterocycles. The van der Waals surface area contributed by atoms with Gasteiger partial charge in [-0.3, -0.25) is 9.89 Å². The van der Waals surface area contributed by atoms with Crippen molar-refractivity contribution in [2.75, 3.05) is 13.2 Å². The predicted molar refractivity (Wildman–Crippen MR) is 83.7 cm³/mol. The number of hydrogen-bond donors (Lipinski definition) is 1. The van der Waals surface area contributed by atoms with Gasteiger partial charge in [-0.2, -0.15) is 5.10 Å². The van der Waals surface area contributed by atoms with Gasteiger partial charge in [0.15, 0.2) is 0 Å². The molecule has 23 heavy (non-hydrogen) atoms. The number of carbonyl (C=O) groups is 1. The fourth-order valence-corrected chi connectivity index (χ4v) is 2.91. The van der Waals surface area contributed by atoms with Crippen molar-refractivity contribution < 1.29 is 13.9 Å². The quantitative estimate of drug-likeness (QED) is 0.946. The van der Waals surface area contributed by atoms with Crippen LogP contribution in [-0.2, 0) is 17.8 Å². The first-order valence-electron chi connectivity index (χ1n) is 7.74. The zero-order valence-corrected chi connectivity index (χ0v) is 13.4. The van der Waals surface area contributed by atoms with E-state index < -0.39 is 0 Å². The number of benzene rings is 1. The summed E-state index contributed by atoms with van der Waals surface area (Å²) in [6, 6.07) is 4.43. The molecule has 1 aliphatic heterocycles. The van der Waals surface area contributed by atoms with Crippen LogP contribution in [0.2, 0.25) is 0 Å². The maximum Gasteiger partial charge on any atom is 0.223 e. The van der Waals surface area contributed by atoms with Gasteiger partial charge in [-0.05, 0) is 44.0 Å². The Hall–Kier alpha value is -2.37. The maximum atomic E-state index is 13.4. The lowest BCUT2D eigenvalue weighted by Crippen LogP contribution is -2.32. The van der Waals surface area contributed by atoms with Crippen LogP contribution in [0, 0.1) is 19.7 Å². The lowest BCUT2D eigenvalue weighted by Gasteiger charge is -2.20. The number of aromatic amines is 1. The number of halogens is 1. The van der Waals surface area contributed by atoms with E-state index in [9.17, 15) is 9.18 Å². The van der Waals surface area contributed by atoms with Crippen molar-refractivity contribution in [3.8, 4) is 5.75 Å². The van der Waals surface area contributed by atoms with Crippen LogP contribution in [0.3, 0.4) is 0 Å². The third-order valence-electron chi connectivity index (χ3n) is 4.22. The minimum atomic E-state index is -0.314. The Balaban J connectivity index is 1.68. The summed E-state index contributed by atoms with van der Waals surface area (Å²) >= 11 is 0. The molecular weight excluding hydrogens is 297 g/mol. The van der Waals surface area contributed by atoms with E-state index in [0.29, 0.717) is 43.9 Å². The number of H-pyrrole nitrogens is 1. The molecule has 0 aliphatic carbocycles. The molecule has 0 saturated carbocycles. The van der Waals surface area contributed by atoms with Crippen molar-refractivity contribution in [2.45, 2.75) is 33.2 Å². The summed E-state index contributed by atoms with van der Waals surface area (Å²) in [6.45, 7) is 5.21. The van der Waals surface area contributed by atoms with Gasteiger partial charge in [-0.25, -0.2) is 4.39 Å². The number of amides is 1. The second kappa shape index (κ2) is 6.40. The van der Waals surface area contributed by atoms with Gasteiger partial charge in [0.05, 0.1) is 12.2 Å². The molecule has 3 rings (SSSR count). The lowest BCUT2D eigenvalue weighted by atomic mass is 10.1. The molecule has 122 valence electrons. The normalized spacial score (nSPS) is 14.1. The van der Waals surface area contributed by atoms with Crippen LogP contribution in [0.15, 0.2) is 18.2 Å². The highest BCUT2D eigenvalue weighted by Gasteiger charge is 2.20. The van der Waals surface area contributed by atoms with Crippen molar-refractivity contribution in [3.63, 3.8) is 0 Å². The van der Waals surface area contributed by atoms with Gasteiger partial charge in [0.2, 0.25) is 5.91 Å². The zero-order chi connectivity index (χ0) is 16.4. The van der Waals surface area contributed by atoms with Crippen molar-refractivity contribution in [3.05, 3.63) is 46.5 Å². The zero-order valence-electron chi connectivity index (χ0n) is 13.4. The van der Waals surface area contributed by atoms with E-state index in [2.05, 4.69) is 10.2 Å². The van der Waals surface area contributed by atoms with E-state index in [1.54, 1.807) is 11.0 Å². The topological polar surface area (TPSA) is 58.2 Å². The number of nitrogens with one attached hydrogen (secondary N) is 1. The summed E-state index contributed by atoms with van der Waals surface area (Å²) in [5, 5.41) is 7.08. The first-order chi connectivity index (χ1) is 11.0. The molecule has 0 radical (unpaired) electrons. The van der Waals surface area contributed by atoms with Gasteiger partial charge in [-0.1, -0.05) is 0 Å². The number of ether oxygens (including phenoxy) is 1. The van der Waals surface area contributed by atoms with Crippen molar-refractivity contribution in [1.29, 1.82) is 0 Å². The summed E-state index contributed by atoms with van der Waals surface area (Å²) in [6.07, 6.45) is 1.06. The Labute approximate surface area is 134 Å². The monoisotopic (exact) mass is 317 g/mol. The van der Waals surface area contributed by atoms with E-state index >= 15 is 0 Å². The molecule has 2 heterocycles. The summed E-state index contributed by atoms with van der Waals surface area (Å²) in [5.41, 5.74) is 3.74. The highest BCUT2D eigenvalue weighted by atomic mass is 19.1. The number of nitrogens with zero attached hydrogens (tertiary/aromatic N) is 2. The van der Waals surface area contributed by atoms with Crippen molar-refractivity contribution >= 4 is 5.91 Å². The number of rotatable bonds is 3. The first-order valence-corrected chi connectivity index (χ1v) is 7.74. The molecule has 0 atom stereocenters. The average molecular weight is 317 g/mol. The van der Waals surface area contributed by atoms with Gasteiger partial charge in [0.25, 0.3) is 0 Å². The Bertz CT molecular complexity index is 707. The van der Waals surface area contributed by atoms with Crippen molar-refractivity contribution in [1.82, 2.24) is 15.1 Å². The predicted octanol–water partition coefficient (Wildman–Crippen LogP) is 2.52. The molecule has 1 amide bonds. The third kappa shape index (κ3) is 3.36. The highest BCUT2D eigenvalue weighted by Crippen LogP contribution is 2.24. The van der Waals surface area contributed by atoms with Crippen LogP contribution < -0.4 is 4.74 Å². The Kier molecular flexibility index (Phi) is 4.32. The number of aryl methyl sites for hydroxylation is 2. The number of hydrogen-bond acceptors (Lipinski definition) is 3. The smallest absolute Gasteiger partial charge is 0.223 e. The van der Waals surface area contributed by atoms with Crippen LogP contribution in [0.25, 0.3) is 0 Å². The number of fused-ring (bicyclic) bond motifs is 1. The molecule has 0 saturated heterocycles. The Morgan fingerprint density at radius 3 is 3.00 bits per heavy atom. The van der Waals surface area contributed by atoms with E-state index in [1.807, 2.05) is 13.8 Å². The molecule has 0 unspecified atom stereocenters. The van der Waals surface area contributed by atoms with Gasteiger partial charge >= 0.3 is 0 Å². The van der Waals surface area contributed by atoms with Gasteiger partial charge < -0.3 is 9.64 Å². The second-order valence-electron chi connectivity index (χ2n) is 5.83. The molecule has 2 aromatic rings. The molecule has 1 N–H and O–H groups in total. The summed E-state index contributed by atoms with van der Waals surface area (Å²) in [5.74, 6) is 0.389. The fourth-order valence-electron chi connectivity index (χ4n) is 2.91. The Morgan fingerprint density at radius 2 is 2.26 bits per heavy atom. The van der Waals surface area contributed by atoms with Crippen LogP contribution in [-0.4, -0.2) is 34.2 Å². The minimum Gasteiger partial charge on any atom is -0.491 e. The largest absolute Gasteiger partial charge is 0.491 e. The molecule has 0 bridgehead atoms. The minimum absolute atomic E-state index is 0.0470. The lowest BCUT2D eigenvalue weighted by molar-refractivity contribution is -0.131. The standard InChI is InChI=1S/C17H20FN3O2/c1-11-15(12(2)20-19-11)4-6-17(22)21-7-8-23-16-5-3-14(18)9-13(16)10-21/h3,5,9H,4,6-8,10H2,1-2H3,(H,19,20). The first kappa shape index (κ1) is 15.5. The molecule has 1 aliphatic rings. The van der Waals surface area contributed by atoms with E-state index in [4.69, 9.17) is 4.74 Å². The van der Waals surface area contributed by atoms with Crippen LogP contribution in [0.4, 0.5) is 4.39 Å². The molecule has 6 heteroatoms. The molecule has 0 fully saturated rings. The SMILES string of the molecule is Cc1n[nH]c(C)c1CCC(=O)N1CCOc2ccc(F)cc2C1. The van der Waals surface area contributed by atoms with Gasteiger partial charge in [0.1, 0.15) is 18.2 Å². The number of carbonyl (C=O) groups excluding carboxylic acids is 1. The maximum absolute atomic E-state index is 13.4. The van der Waals surface area contributed by atoms with E-state index in [1.165, 1.54) is 12.1 Å². The molecular formula is C17H20FN3O2. The van der Waals surface area contributed by atoms with Crippen LogP contribution in [0.1, 0.15) is 28.9 Å². The summed E-state index contributed by atoms with van der Waals surface area (Å²) in [4.78, 5) is 14.2. The van der Waals surface area contributed by atoms with E-state index in [-0.39, 0.29) is 11.7 Å². The van der Waals surface area contributed by atoms with Crippen LogP contribution in [0.5, 0.6) is 5.75 Å². The number of aromatic nitrogens is 2. The average Bonchev–Trinajstić information content (AvgIpc) is 2.73. The van der Waals surface area contributed by atoms with Crippen LogP contribution >= 0.6 is 0 Å². The fraction of sp³-hybridized carbons (Fsp3) is 0.412. The third-order valence-corrected chi connectivity index (χ3v) is 4.22. The molecule has 1 aromatic carbocycles. The second-order valence-corrected chi connectivity index (χ2v) is 5.83. The molecule has 5 nitrogen and oxygen atoms in total.